The van der Waals surface area contributed by atoms with Crippen molar-refractivity contribution in [2.24, 2.45) is 0 Å². The molecule has 1 aromatic carbocycles. The number of thioether (sulfide) groups is 1. The molecule has 0 atom stereocenters. The van der Waals surface area contributed by atoms with E-state index >= 15 is 0 Å². The highest BCUT2D eigenvalue weighted by molar-refractivity contribution is 7.98. The molecule has 1 aromatic heterocycles. The van der Waals surface area contributed by atoms with Gasteiger partial charge in [0.1, 0.15) is 12.1 Å². The van der Waals surface area contributed by atoms with E-state index in [1.807, 2.05) is 50.6 Å². The van der Waals surface area contributed by atoms with E-state index in [4.69, 9.17) is 0 Å². The second kappa shape index (κ2) is 7.08. The number of nitrogens with one attached hydrogen (secondary N) is 1. The highest BCUT2D eigenvalue weighted by Crippen LogP contribution is 2.24. The molecule has 0 aliphatic rings. The molecule has 110 valence electrons. The maximum absolute atomic E-state index is 12.1. The summed E-state index contributed by atoms with van der Waals surface area (Å²) in [7, 11) is 1.84. The summed E-state index contributed by atoms with van der Waals surface area (Å²) in [6, 6.07) is 9.60. The molecule has 0 saturated heterocycles. The minimum Gasteiger partial charge on any atom is -0.350 e. The van der Waals surface area contributed by atoms with Crippen LogP contribution in [0.2, 0.25) is 0 Å². The topological polar surface area (TPSA) is 58.1 Å². The van der Waals surface area contributed by atoms with Gasteiger partial charge in [-0.1, -0.05) is 12.1 Å². The first-order chi connectivity index (χ1) is 10.1. The van der Waals surface area contributed by atoms with Crippen molar-refractivity contribution in [1.29, 1.82) is 0 Å². The zero-order valence-electron chi connectivity index (χ0n) is 12.3. The fourth-order valence-corrected chi connectivity index (χ4v) is 2.44. The Bertz CT molecular complexity index is 633. The molecule has 2 aromatic rings. The monoisotopic (exact) mass is 302 g/mol. The number of para-hydroxylation sites is 1. The maximum Gasteiger partial charge on any atom is 0.243 e. The second-order valence-corrected chi connectivity index (χ2v) is 5.47. The summed E-state index contributed by atoms with van der Waals surface area (Å²) < 4.78 is 0. The molecule has 0 bridgehead atoms. The minimum atomic E-state index is -0.0738. The number of anilines is 2. The predicted molar refractivity (Wildman–Crippen MR) is 86.9 cm³/mol. The van der Waals surface area contributed by atoms with Crippen molar-refractivity contribution in [3.63, 3.8) is 0 Å². The molecule has 0 spiro atoms. The summed E-state index contributed by atoms with van der Waals surface area (Å²) in [5.41, 5.74) is 1.71. The van der Waals surface area contributed by atoms with Crippen molar-refractivity contribution in [3.8, 4) is 0 Å². The lowest BCUT2D eigenvalue weighted by Crippen LogP contribution is -2.30. The molecule has 6 heteroatoms. The first-order valence-corrected chi connectivity index (χ1v) is 7.75. The van der Waals surface area contributed by atoms with Crippen LogP contribution in [0.3, 0.4) is 0 Å². The first kappa shape index (κ1) is 15.3. The second-order valence-electron chi connectivity index (χ2n) is 4.62. The fourth-order valence-electron chi connectivity index (χ4n) is 1.88. The zero-order valence-corrected chi connectivity index (χ0v) is 13.1. The Hall–Kier alpha value is -2.08. The molecule has 0 fully saturated rings. The van der Waals surface area contributed by atoms with Crippen LogP contribution in [0.4, 0.5) is 11.5 Å². The lowest BCUT2D eigenvalue weighted by molar-refractivity contribution is -0.114. The molecule has 1 heterocycles. The van der Waals surface area contributed by atoms with Gasteiger partial charge in [-0.3, -0.25) is 4.79 Å². The lowest BCUT2D eigenvalue weighted by Gasteiger charge is -2.18. The quantitative estimate of drug-likeness (QED) is 0.860. The SMILES string of the molecule is CSc1ccccc1NC(=O)CN(C)c1cc(C)ncn1. The molecule has 0 aliphatic carbocycles. The van der Waals surface area contributed by atoms with Crippen molar-refractivity contribution in [3.05, 3.63) is 42.4 Å². The zero-order chi connectivity index (χ0) is 15.2. The molecule has 21 heavy (non-hydrogen) atoms. The van der Waals surface area contributed by atoms with Gasteiger partial charge >= 0.3 is 0 Å². The number of aryl methyl sites for hydroxylation is 1. The van der Waals surface area contributed by atoms with Crippen LogP contribution in [-0.2, 0) is 4.79 Å². The number of hydrogen-bond donors (Lipinski definition) is 1. The van der Waals surface area contributed by atoms with Crippen LogP contribution in [0.1, 0.15) is 5.69 Å². The van der Waals surface area contributed by atoms with Crippen LogP contribution in [0.5, 0.6) is 0 Å². The molecule has 0 radical (unpaired) electrons. The van der Waals surface area contributed by atoms with Gasteiger partial charge in [-0.15, -0.1) is 11.8 Å². The van der Waals surface area contributed by atoms with Crippen LogP contribution in [0.25, 0.3) is 0 Å². The van der Waals surface area contributed by atoms with E-state index in [0.717, 1.165) is 22.1 Å². The third-order valence-corrected chi connectivity index (χ3v) is 3.74. The number of carbonyl (C=O) groups excluding carboxylic acids is 1. The average Bonchev–Trinajstić information content (AvgIpc) is 2.47. The Kier molecular flexibility index (Phi) is 5.16. The van der Waals surface area contributed by atoms with Crippen molar-refractivity contribution in [2.75, 3.05) is 30.1 Å². The van der Waals surface area contributed by atoms with Crippen molar-refractivity contribution < 1.29 is 4.79 Å². The number of hydrogen-bond acceptors (Lipinski definition) is 5. The van der Waals surface area contributed by atoms with Gasteiger partial charge in [0, 0.05) is 23.7 Å². The summed E-state index contributed by atoms with van der Waals surface area (Å²) in [6.45, 7) is 2.13. The summed E-state index contributed by atoms with van der Waals surface area (Å²) >= 11 is 1.61. The smallest absolute Gasteiger partial charge is 0.243 e. The lowest BCUT2D eigenvalue weighted by atomic mass is 10.3. The van der Waals surface area contributed by atoms with Gasteiger partial charge in [0.15, 0.2) is 0 Å². The van der Waals surface area contributed by atoms with Crippen LogP contribution >= 0.6 is 11.8 Å². The normalized spacial score (nSPS) is 10.2. The number of nitrogens with zero attached hydrogens (tertiary/aromatic N) is 3. The highest BCUT2D eigenvalue weighted by Gasteiger charge is 2.10. The Labute approximate surface area is 128 Å². The van der Waals surface area contributed by atoms with E-state index in [0.29, 0.717) is 0 Å². The average molecular weight is 302 g/mol. The van der Waals surface area contributed by atoms with Gasteiger partial charge in [0.2, 0.25) is 5.91 Å². The van der Waals surface area contributed by atoms with Gasteiger partial charge in [-0.2, -0.15) is 0 Å². The standard InChI is InChI=1S/C15H18N4OS/c1-11-8-14(17-10-16-11)19(2)9-15(20)18-12-6-4-5-7-13(12)21-3/h4-8,10H,9H2,1-3H3,(H,18,20). The van der Waals surface area contributed by atoms with Gasteiger partial charge in [-0.25, -0.2) is 9.97 Å². The Morgan fingerprint density at radius 1 is 1.33 bits per heavy atom. The van der Waals surface area contributed by atoms with Gasteiger partial charge in [0.05, 0.1) is 12.2 Å². The maximum atomic E-state index is 12.1. The van der Waals surface area contributed by atoms with Gasteiger partial charge in [0.25, 0.3) is 0 Å². The van der Waals surface area contributed by atoms with Crippen LogP contribution in [0.15, 0.2) is 41.6 Å². The van der Waals surface area contributed by atoms with Crippen LogP contribution < -0.4 is 10.2 Å². The van der Waals surface area contributed by atoms with E-state index in [9.17, 15) is 4.79 Å². The number of benzene rings is 1. The van der Waals surface area contributed by atoms with E-state index < -0.39 is 0 Å². The third kappa shape index (κ3) is 4.19. The van der Waals surface area contributed by atoms with E-state index in [1.165, 1.54) is 6.33 Å². The van der Waals surface area contributed by atoms with E-state index in [1.54, 1.807) is 16.7 Å². The predicted octanol–water partition coefficient (Wildman–Crippen LogP) is 2.58. The molecule has 0 saturated carbocycles. The molecule has 5 nitrogen and oxygen atoms in total. The summed E-state index contributed by atoms with van der Waals surface area (Å²) in [5, 5.41) is 2.93. The summed E-state index contributed by atoms with van der Waals surface area (Å²) in [5.74, 6) is 0.658. The minimum absolute atomic E-state index is 0.0738. The highest BCUT2D eigenvalue weighted by atomic mass is 32.2. The Morgan fingerprint density at radius 3 is 2.81 bits per heavy atom. The number of carbonyl (C=O) groups is 1. The van der Waals surface area contributed by atoms with Crippen molar-refractivity contribution in [1.82, 2.24) is 9.97 Å². The Balaban J connectivity index is 2.01. The number of amides is 1. The van der Waals surface area contributed by atoms with Crippen molar-refractivity contribution in [2.45, 2.75) is 11.8 Å². The molecule has 2 rings (SSSR count). The number of rotatable bonds is 5. The third-order valence-electron chi connectivity index (χ3n) is 2.94. The van der Waals surface area contributed by atoms with E-state index in [2.05, 4.69) is 15.3 Å². The molecule has 1 amide bonds. The summed E-state index contributed by atoms with van der Waals surface area (Å²) in [4.78, 5) is 23.2. The number of aromatic nitrogens is 2. The molecular weight excluding hydrogens is 284 g/mol. The fraction of sp³-hybridized carbons (Fsp3) is 0.267. The van der Waals surface area contributed by atoms with Crippen molar-refractivity contribution >= 4 is 29.2 Å². The molecular formula is C15H18N4OS. The largest absolute Gasteiger partial charge is 0.350 e. The van der Waals surface area contributed by atoms with Crippen LogP contribution in [-0.4, -0.2) is 35.7 Å². The van der Waals surface area contributed by atoms with Gasteiger partial charge in [-0.05, 0) is 25.3 Å². The molecule has 0 unspecified atom stereocenters. The molecule has 0 aliphatic heterocycles. The number of likely N-dealkylation sites (N-methyl/N-ethyl adjacent to an activating group) is 1. The molecule has 1 N–H and O–H groups in total. The van der Waals surface area contributed by atoms with E-state index in [-0.39, 0.29) is 12.5 Å². The van der Waals surface area contributed by atoms with Crippen LogP contribution in [0, 0.1) is 6.92 Å². The van der Waals surface area contributed by atoms with Gasteiger partial charge < -0.3 is 10.2 Å². The Morgan fingerprint density at radius 2 is 2.10 bits per heavy atom. The summed E-state index contributed by atoms with van der Waals surface area (Å²) in [6.07, 6.45) is 3.49. The first-order valence-electron chi connectivity index (χ1n) is 6.53.